The summed E-state index contributed by atoms with van der Waals surface area (Å²) in [6, 6.07) is 6.46. The van der Waals surface area contributed by atoms with Crippen LogP contribution in [0.1, 0.15) is 18.9 Å². The molecule has 1 aromatic rings. The molecule has 7 heteroatoms. The number of ether oxygens (including phenoxy) is 1. The fourth-order valence-corrected chi connectivity index (χ4v) is 3.27. The molecule has 0 unspecified atom stereocenters. The second kappa shape index (κ2) is 9.64. The van der Waals surface area contributed by atoms with Crippen molar-refractivity contribution < 1.29 is 23.8 Å². The molecule has 1 N–H and O–H groups in total. The zero-order valence-electron chi connectivity index (χ0n) is 15.4. The number of rotatable bonds is 8. The van der Waals surface area contributed by atoms with Gasteiger partial charge in [0.1, 0.15) is 5.82 Å². The molecule has 0 saturated carbocycles. The van der Waals surface area contributed by atoms with Gasteiger partial charge in [0.15, 0.2) is 0 Å². The lowest BCUT2D eigenvalue weighted by Crippen LogP contribution is -2.49. The molecule has 1 fully saturated rings. The highest BCUT2D eigenvalue weighted by molar-refractivity contribution is 5.76. The number of halogens is 1. The molecule has 0 aliphatic carbocycles. The summed E-state index contributed by atoms with van der Waals surface area (Å²) < 4.78 is 18.9. The van der Waals surface area contributed by atoms with Crippen LogP contribution in [0.5, 0.6) is 0 Å². The van der Waals surface area contributed by atoms with Gasteiger partial charge in [0.05, 0.1) is 19.3 Å². The van der Waals surface area contributed by atoms with Gasteiger partial charge in [-0.15, -0.1) is 0 Å². The van der Waals surface area contributed by atoms with Crippen LogP contribution in [0.2, 0.25) is 0 Å². The fraction of sp³-hybridized carbons (Fsp3) is 0.579. The maximum Gasteiger partial charge on any atom is 0.317 e. The SMILES string of the molecule is C[C@H](CC(=O)N1CCO[C@@H](CN(C)CC(=O)O)C1)Cc1cccc(F)c1. The monoisotopic (exact) mass is 366 g/mol. The number of carboxylic acids is 1. The summed E-state index contributed by atoms with van der Waals surface area (Å²) in [5, 5.41) is 8.82. The van der Waals surface area contributed by atoms with E-state index in [4.69, 9.17) is 9.84 Å². The van der Waals surface area contributed by atoms with Gasteiger partial charge in [-0.3, -0.25) is 14.5 Å². The van der Waals surface area contributed by atoms with Crippen LogP contribution in [0, 0.1) is 11.7 Å². The molecule has 1 heterocycles. The highest BCUT2D eigenvalue weighted by Crippen LogP contribution is 2.16. The molecule has 0 bridgehead atoms. The van der Waals surface area contributed by atoms with Crippen molar-refractivity contribution in [3.05, 3.63) is 35.6 Å². The number of aliphatic carboxylic acids is 1. The van der Waals surface area contributed by atoms with Gasteiger partial charge in [0.2, 0.25) is 5.91 Å². The molecule has 144 valence electrons. The first-order chi connectivity index (χ1) is 12.3. The van der Waals surface area contributed by atoms with Crippen molar-refractivity contribution in [2.45, 2.75) is 25.9 Å². The minimum Gasteiger partial charge on any atom is -0.480 e. The van der Waals surface area contributed by atoms with Gasteiger partial charge >= 0.3 is 5.97 Å². The lowest BCUT2D eigenvalue weighted by Gasteiger charge is -2.35. The number of benzene rings is 1. The normalized spacial score (nSPS) is 18.8. The molecule has 6 nitrogen and oxygen atoms in total. The van der Waals surface area contributed by atoms with E-state index in [0.29, 0.717) is 39.1 Å². The first-order valence-corrected chi connectivity index (χ1v) is 8.87. The van der Waals surface area contributed by atoms with Crippen LogP contribution in [-0.2, 0) is 20.7 Å². The lowest BCUT2D eigenvalue weighted by atomic mass is 9.97. The lowest BCUT2D eigenvalue weighted by molar-refractivity contribution is -0.142. The molecule has 1 amide bonds. The summed E-state index contributed by atoms with van der Waals surface area (Å²) in [4.78, 5) is 26.8. The van der Waals surface area contributed by atoms with E-state index >= 15 is 0 Å². The van der Waals surface area contributed by atoms with E-state index in [9.17, 15) is 14.0 Å². The predicted octanol–water partition coefficient (Wildman–Crippen LogP) is 1.64. The minimum absolute atomic E-state index is 0.0571. The van der Waals surface area contributed by atoms with Crippen molar-refractivity contribution in [1.29, 1.82) is 0 Å². The van der Waals surface area contributed by atoms with Gasteiger partial charge in [-0.05, 0) is 37.1 Å². The first-order valence-electron chi connectivity index (χ1n) is 8.87. The van der Waals surface area contributed by atoms with Gasteiger partial charge in [0.25, 0.3) is 0 Å². The maximum absolute atomic E-state index is 13.3. The molecule has 0 radical (unpaired) electrons. The molecule has 26 heavy (non-hydrogen) atoms. The van der Waals surface area contributed by atoms with E-state index in [1.807, 2.05) is 13.0 Å². The molecule has 1 saturated heterocycles. The van der Waals surface area contributed by atoms with Gasteiger partial charge in [-0.25, -0.2) is 4.39 Å². The van der Waals surface area contributed by atoms with Crippen molar-refractivity contribution in [3.63, 3.8) is 0 Å². The summed E-state index contributed by atoms with van der Waals surface area (Å²) >= 11 is 0. The van der Waals surface area contributed by atoms with Crippen LogP contribution in [0.3, 0.4) is 0 Å². The van der Waals surface area contributed by atoms with E-state index in [2.05, 4.69) is 0 Å². The average Bonchev–Trinajstić information content (AvgIpc) is 2.54. The Balaban J connectivity index is 1.81. The van der Waals surface area contributed by atoms with Crippen LogP contribution in [0.4, 0.5) is 4.39 Å². The minimum atomic E-state index is -0.887. The number of morpholine rings is 1. The number of hydrogen-bond acceptors (Lipinski definition) is 4. The third-order valence-electron chi connectivity index (χ3n) is 4.41. The van der Waals surface area contributed by atoms with Crippen molar-refractivity contribution in [2.75, 3.05) is 39.8 Å². The van der Waals surface area contributed by atoms with Crippen LogP contribution in [-0.4, -0.2) is 72.7 Å². The smallest absolute Gasteiger partial charge is 0.317 e. The van der Waals surface area contributed by atoms with Crippen molar-refractivity contribution >= 4 is 11.9 Å². The third kappa shape index (κ3) is 6.72. The van der Waals surface area contributed by atoms with E-state index < -0.39 is 5.97 Å². The summed E-state index contributed by atoms with van der Waals surface area (Å²) in [7, 11) is 1.72. The largest absolute Gasteiger partial charge is 0.480 e. The highest BCUT2D eigenvalue weighted by Gasteiger charge is 2.26. The number of carbonyl (C=O) groups is 2. The van der Waals surface area contributed by atoms with E-state index in [1.54, 1.807) is 22.9 Å². The van der Waals surface area contributed by atoms with E-state index in [0.717, 1.165) is 5.56 Å². The van der Waals surface area contributed by atoms with Crippen molar-refractivity contribution in [1.82, 2.24) is 9.80 Å². The summed E-state index contributed by atoms with van der Waals surface area (Å²) in [6.45, 7) is 3.87. The number of likely N-dealkylation sites (N-methyl/N-ethyl adjacent to an activating group) is 1. The Morgan fingerprint density at radius 1 is 1.46 bits per heavy atom. The number of carboxylic acid groups (broad SMARTS) is 1. The molecular formula is C19H27FN2O4. The van der Waals surface area contributed by atoms with Crippen molar-refractivity contribution in [3.8, 4) is 0 Å². The Hall–Kier alpha value is -1.99. The summed E-state index contributed by atoms with van der Waals surface area (Å²) in [5.41, 5.74) is 0.889. The molecule has 1 aliphatic rings. The fourth-order valence-electron chi connectivity index (χ4n) is 3.27. The number of amides is 1. The van der Waals surface area contributed by atoms with Gasteiger partial charge in [0, 0.05) is 26.1 Å². The van der Waals surface area contributed by atoms with Crippen LogP contribution >= 0.6 is 0 Å². The predicted molar refractivity (Wildman–Crippen MR) is 95.3 cm³/mol. The molecule has 1 aliphatic heterocycles. The molecule has 2 rings (SSSR count). The summed E-state index contributed by atoms with van der Waals surface area (Å²) in [5.74, 6) is -0.978. The van der Waals surface area contributed by atoms with Crippen LogP contribution in [0.15, 0.2) is 24.3 Å². The van der Waals surface area contributed by atoms with Gasteiger partial charge in [-0.2, -0.15) is 0 Å². The Morgan fingerprint density at radius 2 is 2.23 bits per heavy atom. The Morgan fingerprint density at radius 3 is 2.92 bits per heavy atom. The standard InChI is InChI=1S/C19H27FN2O4/c1-14(8-15-4-3-5-16(20)10-15)9-18(23)22-6-7-26-17(12-22)11-21(2)13-19(24)25/h3-5,10,14,17H,6-9,11-13H2,1-2H3,(H,24,25)/t14-,17-/m0/s1. The number of carbonyl (C=O) groups excluding carboxylic acids is 1. The summed E-state index contributed by atoms with van der Waals surface area (Å²) in [6.07, 6.45) is 0.864. The zero-order valence-corrected chi connectivity index (χ0v) is 15.4. The second-order valence-corrected chi connectivity index (χ2v) is 7.07. The van der Waals surface area contributed by atoms with Crippen molar-refractivity contribution in [2.24, 2.45) is 5.92 Å². The molecule has 1 aromatic carbocycles. The molecular weight excluding hydrogens is 339 g/mol. The van der Waals surface area contributed by atoms with Gasteiger partial charge < -0.3 is 14.7 Å². The molecule has 0 spiro atoms. The average molecular weight is 366 g/mol. The second-order valence-electron chi connectivity index (χ2n) is 7.07. The quantitative estimate of drug-likeness (QED) is 0.757. The van der Waals surface area contributed by atoms with Crippen LogP contribution in [0.25, 0.3) is 0 Å². The Labute approximate surface area is 153 Å². The van der Waals surface area contributed by atoms with Crippen LogP contribution < -0.4 is 0 Å². The highest BCUT2D eigenvalue weighted by atomic mass is 19.1. The molecule has 2 atom stereocenters. The number of nitrogens with zero attached hydrogens (tertiary/aromatic N) is 2. The van der Waals surface area contributed by atoms with E-state index in [-0.39, 0.29) is 30.3 Å². The number of hydrogen-bond donors (Lipinski definition) is 1. The Kier molecular flexibility index (Phi) is 7.53. The van der Waals surface area contributed by atoms with E-state index in [1.165, 1.54) is 12.1 Å². The topological polar surface area (TPSA) is 70.1 Å². The first kappa shape index (κ1) is 20.3. The maximum atomic E-state index is 13.3. The third-order valence-corrected chi connectivity index (χ3v) is 4.41. The Bertz CT molecular complexity index is 625. The zero-order chi connectivity index (χ0) is 19.1. The molecule has 0 aromatic heterocycles. The van der Waals surface area contributed by atoms with Gasteiger partial charge in [-0.1, -0.05) is 19.1 Å².